The Kier molecular flexibility index (Phi) is 5.48. The van der Waals surface area contributed by atoms with Crippen molar-refractivity contribution in [2.24, 2.45) is 10.9 Å². The Morgan fingerprint density at radius 2 is 1.91 bits per heavy atom. The normalized spacial score (nSPS) is 16.6. The summed E-state index contributed by atoms with van der Waals surface area (Å²) in [6, 6.07) is 15.2. The number of hydrogen-bond donors (Lipinski definition) is 1. The van der Waals surface area contributed by atoms with Crippen LogP contribution >= 0.6 is 11.6 Å². The van der Waals surface area contributed by atoms with Crippen molar-refractivity contribution < 1.29 is 9.18 Å². The molecule has 3 aromatic rings. The third kappa shape index (κ3) is 4.03. The molecule has 1 amide bonds. The van der Waals surface area contributed by atoms with Gasteiger partial charge in [0.25, 0.3) is 5.91 Å². The van der Waals surface area contributed by atoms with Gasteiger partial charge in [-0.15, -0.1) is 0 Å². The van der Waals surface area contributed by atoms with E-state index in [4.69, 9.17) is 11.6 Å². The van der Waals surface area contributed by atoms with Crippen molar-refractivity contribution in [2.75, 3.05) is 5.32 Å². The van der Waals surface area contributed by atoms with E-state index in [1.807, 2.05) is 48.7 Å². The second-order valence-electron chi connectivity index (χ2n) is 7.84. The van der Waals surface area contributed by atoms with Crippen molar-refractivity contribution in [1.82, 2.24) is 4.98 Å². The molecule has 2 aliphatic rings. The van der Waals surface area contributed by atoms with Gasteiger partial charge in [-0.05, 0) is 54.5 Å². The Hall–Kier alpha value is -3.83. The van der Waals surface area contributed by atoms with Gasteiger partial charge in [-0.2, -0.15) is 0 Å². The number of allylic oxidation sites excluding steroid dienone is 5. The van der Waals surface area contributed by atoms with Crippen LogP contribution in [-0.4, -0.2) is 16.6 Å². The van der Waals surface area contributed by atoms with Gasteiger partial charge in [-0.3, -0.25) is 14.8 Å². The Morgan fingerprint density at radius 3 is 2.70 bits per heavy atom. The second-order valence-corrected chi connectivity index (χ2v) is 8.25. The van der Waals surface area contributed by atoms with Gasteiger partial charge in [-0.25, -0.2) is 4.39 Å². The van der Waals surface area contributed by atoms with Crippen LogP contribution in [-0.2, 0) is 0 Å². The van der Waals surface area contributed by atoms with Crippen LogP contribution in [0.25, 0.3) is 5.57 Å². The highest BCUT2D eigenvalue weighted by atomic mass is 35.5. The Bertz CT molecular complexity index is 1390. The van der Waals surface area contributed by atoms with E-state index in [0.29, 0.717) is 22.0 Å². The van der Waals surface area contributed by atoms with E-state index in [2.05, 4.69) is 21.4 Å². The number of anilines is 1. The summed E-state index contributed by atoms with van der Waals surface area (Å²) in [5, 5.41) is 3.47. The molecule has 1 aliphatic heterocycles. The van der Waals surface area contributed by atoms with Gasteiger partial charge in [0, 0.05) is 40.2 Å². The molecule has 0 saturated carbocycles. The number of amides is 1. The van der Waals surface area contributed by atoms with Crippen LogP contribution < -0.4 is 5.32 Å². The van der Waals surface area contributed by atoms with Crippen LogP contribution in [0.4, 0.5) is 10.1 Å². The topological polar surface area (TPSA) is 54.4 Å². The van der Waals surface area contributed by atoms with Crippen LogP contribution in [0.3, 0.4) is 0 Å². The summed E-state index contributed by atoms with van der Waals surface area (Å²) in [6.07, 6.45) is 9.71. The van der Waals surface area contributed by atoms with Gasteiger partial charge in [0.05, 0.1) is 17.0 Å². The van der Waals surface area contributed by atoms with E-state index in [1.54, 1.807) is 13.1 Å². The van der Waals surface area contributed by atoms with E-state index in [1.165, 1.54) is 24.3 Å². The van der Waals surface area contributed by atoms with Gasteiger partial charge in [-0.1, -0.05) is 48.0 Å². The number of halogens is 2. The number of carbonyl (C=O) groups excluding carboxylic acids is 1. The lowest BCUT2D eigenvalue weighted by molar-refractivity contribution is 0.102. The highest BCUT2D eigenvalue weighted by Gasteiger charge is 2.30. The molecular weight excluding hydrogens is 437 g/mol. The quantitative estimate of drug-likeness (QED) is 0.495. The average molecular weight is 456 g/mol. The molecule has 0 radical (unpaired) electrons. The molecule has 0 spiro atoms. The Morgan fingerprint density at radius 1 is 1.12 bits per heavy atom. The highest BCUT2D eigenvalue weighted by Crippen LogP contribution is 2.39. The second kappa shape index (κ2) is 8.60. The van der Waals surface area contributed by atoms with Gasteiger partial charge in [0.1, 0.15) is 5.82 Å². The van der Waals surface area contributed by atoms with Crippen LogP contribution in [0.5, 0.6) is 0 Å². The maximum absolute atomic E-state index is 13.2. The number of hydrogen-bond acceptors (Lipinski definition) is 3. The van der Waals surface area contributed by atoms with E-state index in [-0.39, 0.29) is 17.6 Å². The Balaban J connectivity index is 1.43. The zero-order valence-electron chi connectivity index (χ0n) is 17.7. The lowest BCUT2D eigenvalue weighted by Gasteiger charge is -2.21. The number of rotatable bonds is 4. The molecule has 162 valence electrons. The number of aryl methyl sites for hydroxylation is 1. The average Bonchev–Trinajstić information content (AvgIpc) is 3.25. The number of fused-ring (bicyclic) bond motifs is 1. The third-order valence-corrected chi connectivity index (χ3v) is 6.07. The van der Waals surface area contributed by atoms with Crippen LogP contribution in [0.2, 0.25) is 5.02 Å². The van der Waals surface area contributed by atoms with Crippen molar-refractivity contribution in [3.8, 4) is 0 Å². The third-order valence-electron chi connectivity index (χ3n) is 5.74. The molecule has 1 unspecified atom stereocenters. The summed E-state index contributed by atoms with van der Waals surface area (Å²) in [5.41, 5.74) is 6.18. The first kappa shape index (κ1) is 21.0. The molecule has 0 saturated heterocycles. The number of pyridine rings is 1. The van der Waals surface area contributed by atoms with Gasteiger partial charge < -0.3 is 5.32 Å². The summed E-state index contributed by atoms with van der Waals surface area (Å²) in [7, 11) is 0. The predicted molar refractivity (Wildman–Crippen MR) is 130 cm³/mol. The SMILES string of the molecule is Cc1ncc(C2=CC=CC3C2=CN=C3c2ccccc2Cl)cc1C(=O)Nc1ccc(F)cc1. The minimum absolute atomic E-state index is 0.0253. The van der Waals surface area contributed by atoms with E-state index in [0.717, 1.165) is 28.0 Å². The number of carbonyl (C=O) groups is 1. The number of aliphatic imine (C=N–C) groups is 1. The lowest BCUT2D eigenvalue weighted by atomic mass is 9.82. The zero-order chi connectivity index (χ0) is 22.9. The molecule has 2 heterocycles. The molecule has 2 aromatic carbocycles. The summed E-state index contributed by atoms with van der Waals surface area (Å²) < 4.78 is 13.2. The van der Waals surface area contributed by atoms with E-state index in [9.17, 15) is 9.18 Å². The van der Waals surface area contributed by atoms with Crippen molar-refractivity contribution in [2.45, 2.75) is 6.92 Å². The fraction of sp³-hybridized carbons (Fsp3) is 0.0741. The van der Waals surface area contributed by atoms with Crippen molar-refractivity contribution in [3.05, 3.63) is 124 Å². The summed E-state index contributed by atoms with van der Waals surface area (Å²) in [5.74, 6) is -0.684. The maximum Gasteiger partial charge on any atom is 0.257 e. The standard InChI is InChI=1S/C27H19ClFN3O/c1-16-23(27(33)32-19-11-9-18(29)10-12-19)13-17(14-30-16)20-6-4-7-21-24(20)15-31-26(21)22-5-2-3-8-25(22)28/h2-15,21H,1H3,(H,32,33). The summed E-state index contributed by atoms with van der Waals surface area (Å²) in [6.45, 7) is 1.79. The van der Waals surface area contributed by atoms with E-state index < -0.39 is 0 Å². The molecule has 6 heteroatoms. The molecule has 0 bridgehead atoms. The van der Waals surface area contributed by atoms with Gasteiger partial charge in [0.15, 0.2) is 0 Å². The maximum atomic E-state index is 13.2. The molecule has 1 N–H and O–H groups in total. The minimum atomic E-state index is -0.358. The molecule has 5 rings (SSSR count). The first-order valence-electron chi connectivity index (χ1n) is 10.5. The van der Waals surface area contributed by atoms with E-state index >= 15 is 0 Å². The molecule has 4 nitrogen and oxygen atoms in total. The molecule has 1 aliphatic carbocycles. The van der Waals surface area contributed by atoms with Crippen molar-refractivity contribution >= 4 is 34.5 Å². The number of nitrogens with one attached hydrogen (secondary N) is 1. The number of benzene rings is 2. The van der Waals surface area contributed by atoms with Crippen LogP contribution in [0.15, 0.2) is 95.8 Å². The first-order chi connectivity index (χ1) is 16.0. The zero-order valence-corrected chi connectivity index (χ0v) is 18.5. The summed E-state index contributed by atoms with van der Waals surface area (Å²) >= 11 is 6.42. The smallest absolute Gasteiger partial charge is 0.257 e. The lowest BCUT2D eigenvalue weighted by Crippen LogP contribution is -2.17. The molecular formula is C27H19ClFN3O. The van der Waals surface area contributed by atoms with Crippen LogP contribution in [0.1, 0.15) is 27.2 Å². The van der Waals surface area contributed by atoms with Gasteiger partial charge in [0.2, 0.25) is 0 Å². The fourth-order valence-electron chi connectivity index (χ4n) is 4.05. The number of nitrogens with zero attached hydrogens (tertiary/aromatic N) is 2. The highest BCUT2D eigenvalue weighted by molar-refractivity contribution is 6.34. The molecule has 0 fully saturated rings. The molecule has 33 heavy (non-hydrogen) atoms. The minimum Gasteiger partial charge on any atom is -0.322 e. The van der Waals surface area contributed by atoms with Crippen molar-refractivity contribution in [3.63, 3.8) is 0 Å². The number of aromatic nitrogens is 1. The van der Waals surface area contributed by atoms with Crippen molar-refractivity contribution in [1.29, 1.82) is 0 Å². The largest absolute Gasteiger partial charge is 0.322 e. The van der Waals surface area contributed by atoms with Gasteiger partial charge >= 0.3 is 0 Å². The fourth-order valence-corrected chi connectivity index (χ4v) is 4.28. The van der Waals surface area contributed by atoms with Crippen LogP contribution in [0, 0.1) is 18.7 Å². The molecule has 1 aromatic heterocycles. The predicted octanol–water partition coefficient (Wildman–Crippen LogP) is 6.39. The first-order valence-corrected chi connectivity index (χ1v) is 10.8. The summed E-state index contributed by atoms with van der Waals surface area (Å²) in [4.78, 5) is 22.1. The molecule has 1 atom stereocenters. The Labute approximate surface area is 195 Å². The monoisotopic (exact) mass is 455 g/mol.